The second kappa shape index (κ2) is 5.72. The van der Waals surface area contributed by atoms with E-state index in [-0.39, 0.29) is 12.1 Å². The maximum atomic E-state index is 14.2. The number of nitrogens with one attached hydrogen (secondary N) is 1. The van der Waals surface area contributed by atoms with Gasteiger partial charge < -0.3 is 10.4 Å². The second-order valence-electron chi connectivity index (χ2n) is 6.85. The molecule has 1 saturated carbocycles. The first kappa shape index (κ1) is 16.7. The molecular weight excluding hydrogens is 318 g/mol. The maximum absolute atomic E-state index is 14.2. The predicted octanol–water partition coefficient (Wildman–Crippen LogP) is 2.99. The Morgan fingerprint density at radius 1 is 1.25 bits per heavy atom. The largest absolute Gasteiger partial charge is 0.465 e. The van der Waals surface area contributed by atoms with Crippen LogP contribution in [-0.4, -0.2) is 34.1 Å². The van der Waals surface area contributed by atoms with Gasteiger partial charge in [-0.25, -0.2) is 13.6 Å². The number of rotatable bonds is 1. The first-order valence-electron chi connectivity index (χ1n) is 8.08. The maximum Gasteiger partial charge on any atom is 0.408 e. The molecule has 0 unspecified atom stereocenters. The molecule has 7 heteroatoms. The Morgan fingerprint density at radius 3 is 2.54 bits per heavy atom. The van der Waals surface area contributed by atoms with Crippen LogP contribution in [0.1, 0.15) is 44.6 Å². The average molecular weight is 338 g/mol. The highest BCUT2D eigenvalue weighted by Crippen LogP contribution is 2.41. The minimum atomic E-state index is -1.32. The van der Waals surface area contributed by atoms with Crippen molar-refractivity contribution in [1.82, 2.24) is 10.2 Å². The third kappa shape index (κ3) is 2.42. The van der Waals surface area contributed by atoms with Gasteiger partial charge in [0.25, 0.3) is 0 Å². The highest BCUT2D eigenvalue weighted by atomic mass is 19.2. The number of carbonyl (C=O) groups is 2. The predicted molar refractivity (Wildman–Crippen MR) is 82.4 cm³/mol. The van der Waals surface area contributed by atoms with Crippen LogP contribution in [0.3, 0.4) is 0 Å². The number of halogens is 2. The number of nitrogens with zero attached hydrogens (tertiary/aromatic N) is 1. The molecule has 5 nitrogen and oxygen atoms in total. The third-order valence-electron chi connectivity index (χ3n) is 5.26. The Balaban J connectivity index is 2.04. The van der Waals surface area contributed by atoms with Gasteiger partial charge >= 0.3 is 6.09 Å². The molecular formula is C17H20F2N2O3. The molecule has 2 aliphatic rings. The number of hydrogen-bond donors (Lipinski definition) is 2. The van der Waals surface area contributed by atoms with Crippen LogP contribution in [0.15, 0.2) is 18.2 Å². The van der Waals surface area contributed by atoms with E-state index in [1.165, 1.54) is 19.1 Å². The van der Waals surface area contributed by atoms with Crippen molar-refractivity contribution in [2.24, 2.45) is 0 Å². The smallest absolute Gasteiger partial charge is 0.408 e. The van der Waals surface area contributed by atoms with Crippen molar-refractivity contribution in [1.29, 1.82) is 0 Å². The van der Waals surface area contributed by atoms with E-state index in [2.05, 4.69) is 5.32 Å². The average Bonchev–Trinajstić information content (AvgIpc) is 2.54. The zero-order chi connectivity index (χ0) is 17.5. The van der Waals surface area contributed by atoms with Gasteiger partial charge in [0, 0.05) is 5.56 Å². The Bertz CT molecular complexity index is 688. The fraction of sp³-hybridized carbons (Fsp3) is 0.529. The van der Waals surface area contributed by atoms with E-state index in [0.29, 0.717) is 12.8 Å². The van der Waals surface area contributed by atoms with Gasteiger partial charge in [-0.3, -0.25) is 9.69 Å². The molecule has 1 aliphatic heterocycles. The van der Waals surface area contributed by atoms with Crippen molar-refractivity contribution in [2.75, 3.05) is 6.54 Å². The summed E-state index contributed by atoms with van der Waals surface area (Å²) in [6, 6.07) is 3.71. The minimum Gasteiger partial charge on any atom is -0.465 e. The monoisotopic (exact) mass is 338 g/mol. The number of benzene rings is 1. The topological polar surface area (TPSA) is 69.6 Å². The van der Waals surface area contributed by atoms with Crippen LogP contribution in [0, 0.1) is 11.6 Å². The molecule has 0 aromatic heterocycles. The summed E-state index contributed by atoms with van der Waals surface area (Å²) >= 11 is 0. The Morgan fingerprint density at radius 2 is 1.92 bits per heavy atom. The van der Waals surface area contributed by atoms with Gasteiger partial charge in [-0.2, -0.15) is 0 Å². The zero-order valence-electron chi connectivity index (χ0n) is 13.4. The molecule has 2 fully saturated rings. The lowest BCUT2D eigenvalue weighted by Crippen LogP contribution is -2.72. The van der Waals surface area contributed by atoms with Gasteiger partial charge in [0.2, 0.25) is 5.91 Å². The molecule has 1 aromatic carbocycles. The van der Waals surface area contributed by atoms with Crippen LogP contribution in [-0.2, 0) is 10.3 Å². The molecule has 1 aliphatic carbocycles. The van der Waals surface area contributed by atoms with Gasteiger partial charge in [-0.15, -0.1) is 0 Å². The number of amides is 2. The zero-order valence-corrected chi connectivity index (χ0v) is 13.4. The standard InChI is InChI=1S/C17H20F2N2O3/c1-16(11-6-5-7-12(18)13(11)19)10-21(15(23)24)17(14(22)20-16)8-3-2-4-9-17/h5-7H,2-4,8-10H2,1H3,(H,20,22)(H,23,24)/t16-/m0/s1. The first-order chi connectivity index (χ1) is 11.3. The van der Waals surface area contributed by atoms with Gasteiger partial charge in [0.15, 0.2) is 11.6 Å². The van der Waals surface area contributed by atoms with Crippen LogP contribution in [0.25, 0.3) is 0 Å². The van der Waals surface area contributed by atoms with Crippen molar-refractivity contribution in [3.8, 4) is 0 Å². The Hall–Kier alpha value is -2.18. The van der Waals surface area contributed by atoms with Crippen LogP contribution in [0.4, 0.5) is 13.6 Å². The van der Waals surface area contributed by atoms with Gasteiger partial charge in [-0.05, 0) is 25.8 Å². The quantitative estimate of drug-likeness (QED) is 0.827. The summed E-state index contributed by atoms with van der Waals surface area (Å²) in [6.07, 6.45) is 2.18. The van der Waals surface area contributed by atoms with Crippen molar-refractivity contribution in [3.05, 3.63) is 35.4 Å². The number of carbonyl (C=O) groups excluding carboxylic acids is 1. The van der Waals surface area contributed by atoms with Crippen LogP contribution >= 0.6 is 0 Å². The number of carboxylic acid groups (broad SMARTS) is 1. The summed E-state index contributed by atoms with van der Waals surface area (Å²) in [6.45, 7) is 1.41. The molecule has 2 amide bonds. The normalized spacial score (nSPS) is 26.3. The van der Waals surface area contributed by atoms with Crippen molar-refractivity contribution in [3.63, 3.8) is 0 Å². The summed E-state index contributed by atoms with van der Waals surface area (Å²) in [5.41, 5.74) is -2.47. The molecule has 1 aromatic rings. The molecule has 1 heterocycles. The third-order valence-corrected chi connectivity index (χ3v) is 5.26. The SMILES string of the molecule is C[C@@]1(c2cccc(F)c2F)CN(C(=O)O)C2(CCCCC2)C(=O)N1. The summed E-state index contributed by atoms with van der Waals surface area (Å²) in [5.74, 6) is -2.52. The van der Waals surface area contributed by atoms with Crippen LogP contribution in [0.2, 0.25) is 0 Å². The van der Waals surface area contributed by atoms with Crippen molar-refractivity contribution < 1.29 is 23.5 Å². The molecule has 1 atom stereocenters. The highest BCUT2D eigenvalue weighted by Gasteiger charge is 2.55. The Labute approximate surface area is 138 Å². The van der Waals surface area contributed by atoms with E-state index in [1.54, 1.807) is 0 Å². The number of hydrogen-bond acceptors (Lipinski definition) is 2. The molecule has 1 spiro atoms. The Kier molecular flexibility index (Phi) is 3.97. The van der Waals surface area contributed by atoms with Crippen LogP contribution < -0.4 is 5.32 Å². The molecule has 1 saturated heterocycles. The fourth-order valence-corrected chi connectivity index (χ4v) is 3.96. The van der Waals surface area contributed by atoms with E-state index in [9.17, 15) is 23.5 Å². The summed E-state index contributed by atoms with van der Waals surface area (Å²) < 4.78 is 27.8. The molecule has 24 heavy (non-hydrogen) atoms. The minimum absolute atomic E-state index is 0.0484. The molecule has 2 N–H and O–H groups in total. The lowest BCUT2D eigenvalue weighted by Gasteiger charge is -2.52. The second-order valence-corrected chi connectivity index (χ2v) is 6.85. The van der Waals surface area contributed by atoms with Crippen molar-refractivity contribution >= 4 is 12.0 Å². The number of piperazine rings is 1. The fourth-order valence-electron chi connectivity index (χ4n) is 3.96. The molecule has 0 bridgehead atoms. The highest BCUT2D eigenvalue weighted by molar-refractivity contribution is 5.92. The summed E-state index contributed by atoms with van der Waals surface area (Å²) in [5, 5.41) is 12.4. The lowest BCUT2D eigenvalue weighted by atomic mass is 9.75. The summed E-state index contributed by atoms with van der Waals surface area (Å²) in [4.78, 5) is 25.8. The van der Waals surface area contributed by atoms with Gasteiger partial charge in [-0.1, -0.05) is 31.4 Å². The van der Waals surface area contributed by atoms with Crippen LogP contribution in [0.5, 0.6) is 0 Å². The van der Waals surface area contributed by atoms with E-state index >= 15 is 0 Å². The molecule has 0 radical (unpaired) electrons. The van der Waals surface area contributed by atoms with Crippen molar-refractivity contribution in [2.45, 2.75) is 50.1 Å². The van der Waals surface area contributed by atoms with E-state index in [4.69, 9.17) is 0 Å². The first-order valence-corrected chi connectivity index (χ1v) is 8.08. The molecule has 130 valence electrons. The van der Waals surface area contributed by atoms with E-state index in [0.717, 1.165) is 30.2 Å². The van der Waals surface area contributed by atoms with Gasteiger partial charge in [0.05, 0.1) is 12.1 Å². The van der Waals surface area contributed by atoms with Gasteiger partial charge in [0.1, 0.15) is 5.54 Å². The molecule has 3 rings (SSSR count). The lowest BCUT2D eigenvalue weighted by molar-refractivity contribution is -0.143. The van der Waals surface area contributed by atoms with E-state index in [1.807, 2.05) is 0 Å². The summed E-state index contributed by atoms with van der Waals surface area (Å²) in [7, 11) is 0. The van der Waals surface area contributed by atoms with E-state index < -0.39 is 34.7 Å².